The minimum Gasteiger partial charge on any atom is -0.474 e. The third-order valence-electron chi connectivity index (χ3n) is 4.86. The molecule has 0 amide bonds. The summed E-state index contributed by atoms with van der Waals surface area (Å²) in [4.78, 5) is 11.2. The van der Waals surface area contributed by atoms with Crippen LogP contribution in [0, 0.1) is 10.5 Å². The van der Waals surface area contributed by atoms with Crippen LogP contribution in [0.3, 0.4) is 0 Å². The Hall–Kier alpha value is -2.88. The van der Waals surface area contributed by atoms with Gasteiger partial charge in [-0.05, 0) is 54.0 Å². The number of pyridine rings is 2. The van der Waals surface area contributed by atoms with Crippen molar-refractivity contribution in [2.75, 3.05) is 36.6 Å². The molecule has 0 aliphatic carbocycles. The van der Waals surface area contributed by atoms with E-state index in [1.54, 1.807) is 12.4 Å². The van der Waals surface area contributed by atoms with Crippen LogP contribution < -0.4 is 19.8 Å². The number of rotatable bonds is 13. The summed E-state index contributed by atoms with van der Waals surface area (Å²) in [6.07, 6.45) is 5.68. The SMILES string of the molecule is CCCN(CCC)c1cc(N/N=C/c2cccc(C)c2)nc(OCCOc2ccc(I)cn2)c1. The summed E-state index contributed by atoms with van der Waals surface area (Å²) in [5.41, 5.74) is 6.34. The van der Waals surface area contributed by atoms with Crippen LogP contribution in [0.15, 0.2) is 59.8 Å². The molecule has 0 aliphatic heterocycles. The zero-order chi connectivity index (χ0) is 24.2. The number of hydrazone groups is 1. The number of nitrogens with one attached hydrogen (secondary N) is 1. The number of ether oxygens (including phenoxy) is 2. The molecule has 0 bridgehead atoms. The van der Waals surface area contributed by atoms with Gasteiger partial charge in [0, 0.05) is 46.7 Å². The van der Waals surface area contributed by atoms with Crippen molar-refractivity contribution >= 4 is 40.3 Å². The van der Waals surface area contributed by atoms with E-state index in [0.717, 1.165) is 40.8 Å². The first-order valence-electron chi connectivity index (χ1n) is 11.6. The van der Waals surface area contributed by atoms with Crippen molar-refractivity contribution in [3.63, 3.8) is 0 Å². The largest absolute Gasteiger partial charge is 0.474 e. The van der Waals surface area contributed by atoms with Crippen LogP contribution in [-0.2, 0) is 0 Å². The van der Waals surface area contributed by atoms with Gasteiger partial charge in [-0.25, -0.2) is 4.98 Å². The van der Waals surface area contributed by atoms with Crippen LogP contribution in [0.1, 0.15) is 37.8 Å². The smallest absolute Gasteiger partial charge is 0.217 e. The fourth-order valence-electron chi connectivity index (χ4n) is 3.38. The van der Waals surface area contributed by atoms with E-state index in [1.165, 1.54) is 5.56 Å². The van der Waals surface area contributed by atoms with E-state index in [-0.39, 0.29) is 0 Å². The van der Waals surface area contributed by atoms with Crippen LogP contribution in [0.4, 0.5) is 11.5 Å². The number of aryl methyl sites for hydroxylation is 1. The average Bonchev–Trinajstić information content (AvgIpc) is 2.83. The van der Waals surface area contributed by atoms with Gasteiger partial charge in [0.05, 0.1) is 6.21 Å². The third-order valence-corrected chi connectivity index (χ3v) is 5.50. The second-order valence-electron chi connectivity index (χ2n) is 7.83. The van der Waals surface area contributed by atoms with E-state index >= 15 is 0 Å². The van der Waals surface area contributed by atoms with Crippen molar-refractivity contribution < 1.29 is 9.47 Å². The number of benzene rings is 1. The minimum atomic E-state index is 0.359. The van der Waals surface area contributed by atoms with Crippen molar-refractivity contribution in [1.29, 1.82) is 0 Å². The first kappa shape index (κ1) is 25.7. The lowest BCUT2D eigenvalue weighted by Gasteiger charge is -2.24. The summed E-state index contributed by atoms with van der Waals surface area (Å²) < 4.78 is 12.7. The number of hydrogen-bond acceptors (Lipinski definition) is 7. The molecule has 0 aliphatic rings. The van der Waals surface area contributed by atoms with Gasteiger partial charge in [-0.1, -0.05) is 43.7 Å². The average molecular weight is 573 g/mol. The predicted octanol–water partition coefficient (Wildman–Crippen LogP) is 5.92. The molecule has 180 valence electrons. The molecular formula is C26H32IN5O2. The number of anilines is 2. The molecule has 0 unspecified atom stereocenters. The first-order valence-corrected chi connectivity index (χ1v) is 12.6. The standard InChI is InChI=1S/C26H32IN5O2/c1-4-11-32(12-5-2)23-16-24(31-29-18-21-8-6-7-20(3)15-21)30-26(17-23)34-14-13-33-25-10-9-22(27)19-28-25/h6-10,15-19H,4-5,11-14H2,1-3H3,(H,30,31)/b29-18+. The zero-order valence-electron chi connectivity index (χ0n) is 20.0. The number of aromatic nitrogens is 2. The molecule has 8 heteroatoms. The summed E-state index contributed by atoms with van der Waals surface area (Å²) in [7, 11) is 0. The van der Waals surface area contributed by atoms with E-state index in [2.05, 4.69) is 80.9 Å². The fourth-order valence-corrected chi connectivity index (χ4v) is 3.70. The van der Waals surface area contributed by atoms with Gasteiger partial charge in [-0.3, -0.25) is 5.43 Å². The fraction of sp³-hybridized carbons (Fsp3) is 0.346. The molecular weight excluding hydrogens is 541 g/mol. The Morgan fingerprint density at radius 3 is 2.44 bits per heavy atom. The van der Waals surface area contributed by atoms with Gasteiger partial charge in [0.15, 0.2) is 5.82 Å². The minimum absolute atomic E-state index is 0.359. The maximum Gasteiger partial charge on any atom is 0.217 e. The lowest BCUT2D eigenvalue weighted by Crippen LogP contribution is -2.25. The highest BCUT2D eigenvalue weighted by Gasteiger charge is 2.10. The van der Waals surface area contributed by atoms with Crippen LogP contribution >= 0.6 is 22.6 Å². The summed E-state index contributed by atoms with van der Waals surface area (Å²) in [6, 6.07) is 16.0. The number of hydrogen-bond donors (Lipinski definition) is 1. The zero-order valence-corrected chi connectivity index (χ0v) is 22.2. The van der Waals surface area contributed by atoms with Crippen molar-refractivity contribution in [3.05, 3.63) is 69.4 Å². The molecule has 7 nitrogen and oxygen atoms in total. The quantitative estimate of drug-likeness (QED) is 0.119. The summed E-state index contributed by atoms with van der Waals surface area (Å²) in [6.45, 7) is 9.09. The van der Waals surface area contributed by atoms with E-state index in [0.29, 0.717) is 30.8 Å². The normalized spacial score (nSPS) is 10.9. The Balaban J connectivity index is 1.69. The highest BCUT2D eigenvalue weighted by molar-refractivity contribution is 14.1. The van der Waals surface area contributed by atoms with E-state index in [9.17, 15) is 0 Å². The molecule has 0 saturated heterocycles. The Bertz CT molecular complexity index is 1050. The highest BCUT2D eigenvalue weighted by atomic mass is 127. The van der Waals surface area contributed by atoms with Gasteiger partial charge in [-0.15, -0.1) is 0 Å². The van der Waals surface area contributed by atoms with Crippen LogP contribution in [-0.4, -0.2) is 42.5 Å². The van der Waals surface area contributed by atoms with Crippen molar-refractivity contribution in [2.45, 2.75) is 33.6 Å². The summed E-state index contributed by atoms with van der Waals surface area (Å²) in [5.74, 6) is 1.74. The second-order valence-corrected chi connectivity index (χ2v) is 9.08. The van der Waals surface area contributed by atoms with E-state index in [1.807, 2.05) is 36.4 Å². The molecule has 2 heterocycles. The van der Waals surface area contributed by atoms with Gasteiger partial charge in [-0.2, -0.15) is 10.1 Å². The Labute approximate surface area is 215 Å². The second kappa shape index (κ2) is 13.7. The summed E-state index contributed by atoms with van der Waals surface area (Å²) >= 11 is 2.22. The molecule has 3 aromatic rings. The van der Waals surface area contributed by atoms with Crippen molar-refractivity contribution in [1.82, 2.24) is 9.97 Å². The van der Waals surface area contributed by atoms with Gasteiger partial charge in [0.1, 0.15) is 13.2 Å². The topological polar surface area (TPSA) is 71.9 Å². The van der Waals surface area contributed by atoms with E-state index in [4.69, 9.17) is 9.47 Å². The third kappa shape index (κ3) is 8.48. The molecule has 0 spiro atoms. The molecule has 3 rings (SSSR count). The Kier molecular flexibility index (Phi) is 10.4. The molecule has 1 aromatic carbocycles. The maximum atomic E-state index is 5.94. The van der Waals surface area contributed by atoms with Crippen molar-refractivity contribution in [3.8, 4) is 11.8 Å². The van der Waals surface area contributed by atoms with E-state index < -0.39 is 0 Å². The first-order chi connectivity index (χ1) is 16.6. The molecule has 0 fully saturated rings. The van der Waals surface area contributed by atoms with Crippen LogP contribution in [0.2, 0.25) is 0 Å². The highest BCUT2D eigenvalue weighted by Crippen LogP contribution is 2.25. The van der Waals surface area contributed by atoms with Gasteiger partial charge < -0.3 is 14.4 Å². The molecule has 1 N–H and O–H groups in total. The molecule has 2 aromatic heterocycles. The maximum absolute atomic E-state index is 5.94. The Morgan fingerprint density at radius 1 is 1.00 bits per heavy atom. The van der Waals surface area contributed by atoms with Crippen LogP contribution in [0.25, 0.3) is 0 Å². The van der Waals surface area contributed by atoms with Gasteiger partial charge in [0.25, 0.3) is 0 Å². The number of nitrogens with zero attached hydrogens (tertiary/aromatic N) is 4. The van der Waals surface area contributed by atoms with Crippen molar-refractivity contribution in [2.24, 2.45) is 5.10 Å². The van der Waals surface area contributed by atoms with Gasteiger partial charge >= 0.3 is 0 Å². The molecule has 34 heavy (non-hydrogen) atoms. The molecule has 0 radical (unpaired) electrons. The molecule has 0 atom stereocenters. The molecule has 0 saturated carbocycles. The Morgan fingerprint density at radius 2 is 1.76 bits per heavy atom. The number of halogens is 1. The van der Waals surface area contributed by atoms with Gasteiger partial charge in [0.2, 0.25) is 11.8 Å². The monoisotopic (exact) mass is 573 g/mol. The summed E-state index contributed by atoms with van der Waals surface area (Å²) in [5, 5.41) is 4.38. The van der Waals surface area contributed by atoms with Crippen LogP contribution in [0.5, 0.6) is 11.8 Å². The predicted molar refractivity (Wildman–Crippen MR) is 147 cm³/mol. The lowest BCUT2D eigenvalue weighted by molar-refractivity contribution is 0.207. The lowest BCUT2D eigenvalue weighted by atomic mass is 10.2.